The van der Waals surface area contributed by atoms with E-state index in [-0.39, 0.29) is 0 Å². The lowest BCUT2D eigenvalue weighted by Crippen LogP contribution is -2.46. The van der Waals surface area contributed by atoms with Crippen LogP contribution in [0, 0.1) is 0 Å². The van der Waals surface area contributed by atoms with Gasteiger partial charge in [0.05, 0.1) is 5.69 Å². The molecule has 0 bridgehead atoms. The molecular formula is C11H15N3O3. The molecule has 2 heterocycles. The number of nitrogens with two attached hydrogens (primary N) is 1. The Morgan fingerprint density at radius 1 is 1.41 bits per heavy atom. The minimum absolute atomic E-state index is 0.442. The summed E-state index contributed by atoms with van der Waals surface area (Å²) in [5.41, 5.74) is 6.04. The number of carboxylic acid groups (broad SMARTS) is 1. The first kappa shape index (κ1) is 11.5. The van der Waals surface area contributed by atoms with Crippen LogP contribution in [0.5, 0.6) is 0 Å². The number of aliphatic carboxylic acids is 1. The lowest BCUT2D eigenvalue weighted by atomic mass is 10.2. The number of hydrogen-bond acceptors (Lipinski definition) is 3. The summed E-state index contributed by atoms with van der Waals surface area (Å²) >= 11 is 0. The number of anilines is 1. The van der Waals surface area contributed by atoms with Crippen LogP contribution in [-0.4, -0.2) is 33.6 Å². The van der Waals surface area contributed by atoms with E-state index in [4.69, 9.17) is 10.8 Å². The molecule has 1 saturated heterocycles. The number of primary amides is 1. The summed E-state index contributed by atoms with van der Waals surface area (Å²) in [5, 5.41) is 9.15. The van der Waals surface area contributed by atoms with Gasteiger partial charge in [-0.25, -0.2) is 4.79 Å². The van der Waals surface area contributed by atoms with Crippen molar-refractivity contribution in [1.29, 1.82) is 0 Å². The van der Waals surface area contributed by atoms with E-state index in [1.54, 1.807) is 17.2 Å². The van der Waals surface area contributed by atoms with Crippen molar-refractivity contribution in [2.75, 3.05) is 4.90 Å². The molecule has 1 aromatic heterocycles. The van der Waals surface area contributed by atoms with Crippen LogP contribution >= 0.6 is 0 Å². The summed E-state index contributed by atoms with van der Waals surface area (Å²) in [5.74, 6) is -1.39. The molecular weight excluding hydrogens is 222 g/mol. The number of hydrogen-bond donors (Lipinski definition) is 2. The maximum absolute atomic E-state index is 11.3. The highest BCUT2D eigenvalue weighted by Gasteiger charge is 2.40. The van der Waals surface area contributed by atoms with Crippen molar-refractivity contribution >= 4 is 17.6 Å². The Labute approximate surface area is 98.6 Å². The SMILES string of the molecule is Cn1ccc(N2[C@H](C(N)=O)CC[C@H]2C(=O)O)c1. The molecule has 0 aliphatic carbocycles. The fourth-order valence-electron chi connectivity index (χ4n) is 2.33. The van der Waals surface area contributed by atoms with Crippen molar-refractivity contribution in [3.63, 3.8) is 0 Å². The lowest BCUT2D eigenvalue weighted by molar-refractivity contribution is -0.138. The fourth-order valence-corrected chi connectivity index (χ4v) is 2.33. The number of rotatable bonds is 3. The fraction of sp³-hybridized carbons (Fsp3) is 0.455. The number of amides is 1. The molecule has 2 rings (SSSR count). The zero-order valence-corrected chi connectivity index (χ0v) is 9.54. The van der Waals surface area contributed by atoms with Crippen LogP contribution < -0.4 is 10.6 Å². The summed E-state index contributed by atoms with van der Waals surface area (Å²) in [6.45, 7) is 0. The standard InChI is InChI=1S/C11H15N3O3/c1-13-5-4-7(6-13)14-8(10(12)15)2-3-9(14)11(16)17/h4-6,8-9H,2-3H2,1H3,(H2,12,15)(H,16,17)/t8-,9-/m0/s1. The van der Waals surface area contributed by atoms with Gasteiger partial charge in [0, 0.05) is 19.4 Å². The van der Waals surface area contributed by atoms with Crippen LogP contribution in [0.1, 0.15) is 12.8 Å². The van der Waals surface area contributed by atoms with Crippen molar-refractivity contribution < 1.29 is 14.7 Å². The normalized spacial score (nSPS) is 23.9. The second-order valence-corrected chi connectivity index (χ2v) is 4.29. The Balaban J connectivity index is 2.35. The predicted molar refractivity (Wildman–Crippen MR) is 61.5 cm³/mol. The molecule has 17 heavy (non-hydrogen) atoms. The molecule has 0 saturated carbocycles. The Kier molecular flexibility index (Phi) is 2.79. The van der Waals surface area contributed by atoms with E-state index < -0.39 is 24.0 Å². The molecule has 1 aliphatic rings. The Morgan fingerprint density at radius 3 is 2.53 bits per heavy atom. The van der Waals surface area contributed by atoms with Crippen LogP contribution in [0.15, 0.2) is 18.5 Å². The molecule has 6 heteroatoms. The van der Waals surface area contributed by atoms with Gasteiger partial charge in [0.25, 0.3) is 0 Å². The summed E-state index contributed by atoms with van der Waals surface area (Å²) in [7, 11) is 1.84. The van der Waals surface area contributed by atoms with Gasteiger partial charge in [-0.2, -0.15) is 0 Å². The minimum atomic E-state index is -0.919. The predicted octanol–water partition coefficient (Wildman–Crippen LogP) is -0.0676. The highest BCUT2D eigenvalue weighted by Crippen LogP contribution is 2.30. The first-order valence-electron chi connectivity index (χ1n) is 5.43. The zero-order valence-electron chi connectivity index (χ0n) is 9.54. The van der Waals surface area contributed by atoms with Gasteiger partial charge in [-0.1, -0.05) is 0 Å². The van der Waals surface area contributed by atoms with Crippen molar-refractivity contribution in [3.8, 4) is 0 Å². The van der Waals surface area contributed by atoms with Gasteiger partial charge in [-0.05, 0) is 18.9 Å². The number of carbonyl (C=O) groups excluding carboxylic acids is 1. The van der Waals surface area contributed by atoms with Crippen LogP contribution in [0.3, 0.4) is 0 Å². The van der Waals surface area contributed by atoms with E-state index in [1.807, 2.05) is 17.8 Å². The van der Waals surface area contributed by atoms with Crippen molar-refractivity contribution in [3.05, 3.63) is 18.5 Å². The van der Waals surface area contributed by atoms with Crippen LogP contribution in [-0.2, 0) is 16.6 Å². The first-order chi connectivity index (χ1) is 8.00. The third kappa shape index (κ3) is 1.98. The van der Waals surface area contributed by atoms with E-state index in [1.165, 1.54) is 0 Å². The van der Waals surface area contributed by atoms with E-state index in [9.17, 15) is 9.59 Å². The summed E-state index contributed by atoms with van der Waals surface area (Å²) in [6.07, 6.45) is 4.53. The average Bonchev–Trinajstić information content (AvgIpc) is 2.81. The average molecular weight is 237 g/mol. The molecule has 0 aromatic carbocycles. The maximum Gasteiger partial charge on any atom is 0.326 e. The third-order valence-corrected chi connectivity index (χ3v) is 3.11. The Bertz CT molecular complexity index is 433. The third-order valence-electron chi connectivity index (χ3n) is 3.11. The molecule has 6 nitrogen and oxygen atoms in total. The van der Waals surface area contributed by atoms with Gasteiger partial charge < -0.3 is 20.3 Å². The monoisotopic (exact) mass is 237 g/mol. The van der Waals surface area contributed by atoms with Gasteiger partial charge >= 0.3 is 5.97 Å². The molecule has 1 aliphatic heterocycles. The summed E-state index contributed by atoms with van der Waals surface area (Å²) < 4.78 is 1.81. The van der Waals surface area contributed by atoms with E-state index in [2.05, 4.69) is 0 Å². The Morgan fingerprint density at radius 2 is 2.06 bits per heavy atom. The minimum Gasteiger partial charge on any atom is -0.480 e. The van der Waals surface area contributed by atoms with E-state index in [0.717, 1.165) is 5.69 Å². The molecule has 3 N–H and O–H groups in total. The summed E-state index contributed by atoms with van der Waals surface area (Å²) in [4.78, 5) is 24.1. The van der Waals surface area contributed by atoms with Gasteiger partial charge in [-0.3, -0.25) is 4.79 Å². The van der Waals surface area contributed by atoms with Gasteiger partial charge in [0.2, 0.25) is 5.91 Å². The van der Waals surface area contributed by atoms with Crippen molar-refractivity contribution in [2.45, 2.75) is 24.9 Å². The van der Waals surface area contributed by atoms with Gasteiger partial charge in [-0.15, -0.1) is 0 Å². The van der Waals surface area contributed by atoms with Gasteiger partial charge in [0.15, 0.2) is 0 Å². The van der Waals surface area contributed by atoms with E-state index >= 15 is 0 Å². The molecule has 0 spiro atoms. The largest absolute Gasteiger partial charge is 0.480 e. The molecule has 2 atom stereocenters. The molecule has 0 unspecified atom stereocenters. The highest BCUT2D eigenvalue weighted by molar-refractivity contribution is 5.89. The second kappa shape index (κ2) is 4.12. The molecule has 1 aromatic rings. The van der Waals surface area contributed by atoms with E-state index in [0.29, 0.717) is 12.8 Å². The van der Waals surface area contributed by atoms with Crippen molar-refractivity contribution in [2.24, 2.45) is 12.8 Å². The summed E-state index contributed by atoms with van der Waals surface area (Å²) in [6, 6.07) is 0.588. The van der Waals surface area contributed by atoms with Crippen LogP contribution in [0.2, 0.25) is 0 Å². The highest BCUT2D eigenvalue weighted by atomic mass is 16.4. The second-order valence-electron chi connectivity index (χ2n) is 4.29. The van der Waals surface area contributed by atoms with Gasteiger partial charge in [0.1, 0.15) is 12.1 Å². The molecule has 0 radical (unpaired) electrons. The molecule has 92 valence electrons. The number of aromatic nitrogens is 1. The van der Waals surface area contributed by atoms with Crippen LogP contribution in [0.25, 0.3) is 0 Å². The smallest absolute Gasteiger partial charge is 0.326 e. The first-order valence-corrected chi connectivity index (χ1v) is 5.43. The number of nitrogens with zero attached hydrogens (tertiary/aromatic N) is 2. The van der Waals surface area contributed by atoms with Crippen LogP contribution in [0.4, 0.5) is 5.69 Å². The van der Waals surface area contributed by atoms with Crippen molar-refractivity contribution in [1.82, 2.24) is 4.57 Å². The quantitative estimate of drug-likeness (QED) is 0.770. The number of aryl methyl sites for hydroxylation is 1. The topological polar surface area (TPSA) is 88.6 Å². The molecule has 1 amide bonds. The Hall–Kier alpha value is -1.98. The zero-order chi connectivity index (χ0) is 12.6. The molecule has 1 fully saturated rings. The lowest BCUT2D eigenvalue weighted by Gasteiger charge is -2.27. The maximum atomic E-state index is 11.3. The number of carboxylic acids is 1. The number of carbonyl (C=O) groups is 2.